The van der Waals surface area contributed by atoms with E-state index in [-0.39, 0.29) is 0 Å². The minimum absolute atomic E-state index is 0.835. The monoisotopic (exact) mass is 203 g/mol. The van der Waals surface area contributed by atoms with Gasteiger partial charge in [-0.15, -0.1) is 0 Å². The number of rotatable bonds is 3. The van der Waals surface area contributed by atoms with Crippen molar-refractivity contribution in [2.45, 2.75) is 33.1 Å². The fraction of sp³-hybridized carbons (Fsp3) is 0.571. The first-order chi connectivity index (χ1) is 7.25. The molecule has 1 atom stereocenters. The summed E-state index contributed by atoms with van der Waals surface area (Å²) in [6, 6.07) is 8.70. The summed E-state index contributed by atoms with van der Waals surface area (Å²) in [6.45, 7) is 5.78. The lowest BCUT2D eigenvalue weighted by molar-refractivity contribution is 0.429. The lowest BCUT2D eigenvalue weighted by Gasteiger charge is -2.26. The maximum Gasteiger partial charge on any atom is 0.0372 e. The molecule has 1 heteroatoms. The Morgan fingerprint density at radius 1 is 1.33 bits per heavy atom. The van der Waals surface area contributed by atoms with Crippen molar-refractivity contribution < 1.29 is 0 Å². The Morgan fingerprint density at radius 2 is 2.13 bits per heavy atom. The number of hydrogen-bond donors (Lipinski definition) is 1. The first kappa shape index (κ1) is 10.5. The van der Waals surface area contributed by atoms with Crippen molar-refractivity contribution in [2.75, 3.05) is 11.9 Å². The van der Waals surface area contributed by atoms with Crippen LogP contribution in [0.5, 0.6) is 0 Å². The van der Waals surface area contributed by atoms with Gasteiger partial charge >= 0.3 is 0 Å². The number of benzene rings is 1. The summed E-state index contributed by atoms with van der Waals surface area (Å²) in [5, 5.41) is 3.54. The molecule has 0 amide bonds. The van der Waals surface area contributed by atoms with Gasteiger partial charge in [0.1, 0.15) is 0 Å². The van der Waals surface area contributed by atoms with Crippen LogP contribution in [0.3, 0.4) is 0 Å². The molecule has 0 saturated carbocycles. The van der Waals surface area contributed by atoms with Gasteiger partial charge in [0.25, 0.3) is 0 Å². The summed E-state index contributed by atoms with van der Waals surface area (Å²) in [5.74, 6) is 1.67. The molecule has 1 heterocycles. The Labute approximate surface area is 92.9 Å². The molecule has 1 aliphatic heterocycles. The van der Waals surface area contributed by atoms with Gasteiger partial charge in [0.15, 0.2) is 0 Å². The van der Waals surface area contributed by atoms with Gasteiger partial charge in [0.2, 0.25) is 0 Å². The van der Waals surface area contributed by atoms with Gasteiger partial charge in [-0.25, -0.2) is 0 Å². The highest BCUT2D eigenvalue weighted by Gasteiger charge is 2.17. The summed E-state index contributed by atoms with van der Waals surface area (Å²) >= 11 is 0. The molecular formula is C14H21N. The second-order valence-corrected chi connectivity index (χ2v) is 5.08. The van der Waals surface area contributed by atoms with E-state index in [0.29, 0.717) is 0 Å². The van der Waals surface area contributed by atoms with Crippen LogP contribution in [-0.4, -0.2) is 6.54 Å². The number of fused-ring (bicyclic) bond motifs is 1. The van der Waals surface area contributed by atoms with Crippen LogP contribution in [0, 0.1) is 11.8 Å². The van der Waals surface area contributed by atoms with Crippen LogP contribution in [-0.2, 0) is 6.42 Å². The van der Waals surface area contributed by atoms with Crippen LogP contribution in [0.2, 0.25) is 0 Å². The smallest absolute Gasteiger partial charge is 0.0372 e. The van der Waals surface area contributed by atoms with E-state index in [1.54, 1.807) is 0 Å². The van der Waals surface area contributed by atoms with Crippen molar-refractivity contribution in [1.29, 1.82) is 0 Å². The van der Waals surface area contributed by atoms with E-state index in [2.05, 4.69) is 43.4 Å². The van der Waals surface area contributed by atoms with Gasteiger partial charge in [0.05, 0.1) is 0 Å². The highest BCUT2D eigenvalue weighted by atomic mass is 14.9. The maximum absolute atomic E-state index is 3.54. The zero-order chi connectivity index (χ0) is 10.7. The second kappa shape index (κ2) is 4.69. The summed E-state index contributed by atoms with van der Waals surface area (Å²) in [4.78, 5) is 0. The lowest BCUT2D eigenvalue weighted by atomic mass is 9.88. The van der Waals surface area contributed by atoms with Crippen molar-refractivity contribution in [1.82, 2.24) is 0 Å². The zero-order valence-electron chi connectivity index (χ0n) is 9.79. The molecule has 0 bridgehead atoms. The molecule has 0 spiro atoms. The van der Waals surface area contributed by atoms with Crippen molar-refractivity contribution in [2.24, 2.45) is 11.8 Å². The fourth-order valence-corrected chi connectivity index (χ4v) is 2.28. The number of nitrogens with one attached hydrogen (secondary N) is 1. The van der Waals surface area contributed by atoms with Crippen LogP contribution >= 0.6 is 0 Å². The van der Waals surface area contributed by atoms with E-state index in [9.17, 15) is 0 Å². The Kier molecular flexibility index (Phi) is 3.30. The SMILES string of the molecule is CC(C)CCC1CNc2ccccc2C1. The molecule has 0 fully saturated rings. The third-order valence-electron chi connectivity index (χ3n) is 3.26. The minimum atomic E-state index is 0.835. The van der Waals surface area contributed by atoms with Crippen molar-refractivity contribution in [3.63, 3.8) is 0 Å². The maximum atomic E-state index is 3.54. The third-order valence-corrected chi connectivity index (χ3v) is 3.26. The summed E-state index contributed by atoms with van der Waals surface area (Å²) in [6.07, 6.45) is 3.98. The van der Waals surface area contributed by atoms with E-state index in [0.717, 1.165) is 18.4 Å². The summed E-state index contributed by atoms with van der Waals surface area (Å²) < 4.78 is 0. The first-order valence-electron chi connectivity index (χ1n) is 6.07. The standard InChI is InChI=1S/C14H21N/c1-11(2)7-8-12-9-13-5-3-4-6-14(13)15-10-12/h3-6,11-12,15H,7-10H2,1-2H3. The molecule has 15 heavy (non-hydrogen) atoms. The van der Waals surface area contributed by atoms with Crippen LogP contribution < -0.4 is 5.32 Å². The fourth-order valence-electron chi connectivity index (χ4n) is 2.28. The Hall–Kier alpha value is -0.980. The van der Waals surface area contributed by atoms with Gasteiger partial charge in [-0.05, 0) is 36.3 Å². The molecule has 1 aromatic carbocycles. The predicted octanol–water partition coefficient (Wildman–Crippen LogP) is 3.71. The normalized spacial score (nSPS) is 19.8. The zero-order valence-corrected chi connectivity index (χ0v) is 9.79. The molecule has 0 saturated heterocycles. The van der Waals surface area contributed by atoms with E-state index in [1.807, 2.05) is 0 Å². The number of hydrogen-bond acceptors (Lipinski definition) is 1. The molecule has 1 aromatic rings. The molecule has 1 aliphatic rings. The molecule has 2 rings (SSSR count). The van der Waals surface area contributed by atoms with Gasteiger partial charge in [-0.1, -0.05) is 38.5 Å². The molecule has 0 radical (unpaired) electrons. The van der Waals surface area contributed by atoms with Crippen LogP contribution in [0.4, 0.5) is 5.69 Å². The largest absolute Gasteiger partial charge is 0.385 e. The number of anilines is 1. The van der Waals surface area contributed by atoms with E-state index in [4.69, 9.17) is 0 Å². The van der Waals surface area contributed by atoms with Crippen LogP contribution in [0.1, 0.15) is 32.3 Å². The number of para-hydroxylation sites is 1. The Balaban J connectivity index is 1.94. The van der Waals surface area contributed by atoms with Crippen molar-refractivity contribution >= 4 is 5.69 Å². The predicted molar refractivity (Wildman–Crippen MR) is 66.2 cm³/mol. The Bertz CT molecular complexity index is 317. The molecular weight excluding hydrogens is 182 g/mol. The third kappa shape index (κ3) is 2.74. The summed E-state index contributed by atoms with van der Waals surface area (Å²) in [7, 11) is 0. The lowest BCUT2D eigenvalue weighted by Crippen LogP contribution is -2.23. The average Bonchev–Trinajstić information content (AvgIpc) is 2.26. The second-order valence-electron chi connectivity index (χ2n) is 5.08. The summed E-state index contributed by atoms with van der Waals surface area (Å²) in [5.41, 5.74) is 2.84. The van der Waals surface area contributed by atoms with E-state index >= 15 is 0 Å². The van der Waals surface area contributed by atoms with Gasteiger partial charge in [-0.2, -0.15) is 0 Å². The average molecular weight is 203 g/mol. The first-order valence-corrected chi connectivity index (χ1v) is 6.07. The molecule has 1 unspecified atom stereocenters. The van der Waals surface area contributed by atoms with E-state index in [1.165, 1.54) is 30.5 Å². The van der Waals surface area contributed by atoms with Crippen molar-refractivity contribution in [3.05, 3.63) is 29.8 Å². The topological polar surface area (TPSA) is 12.0 Å². The molecule has 1 N–H and O–H groups in total. The molecule has 82 valence electrons. The molecule has 1 nitrogen and oxygen atoms in total. The van der Waals surface area contributed by atoms with Gasteiger partial charge in [-0.3, -0.25) is 0 Å². The van der Waals surface area contributed by atoms with Crippen LogP contribution in [0.25, 0.3) is 0 Å². The van der Waals surface area contributed by atoms with E-state index < -0.39 is 0 Å². The highest BCUT2D eigenvalue weighted by molar-refractivity contribution is 5.53. The quantitative estimate of drug-likeness (QED) is 0.789. The van der Waals surface area contributed by atoms with Crippen LogP contribution in [0.15, 0.2) is 24.3 Å². The van der Waals surface area contributed by atoms with Crippen molar-refractivity contribution in [3.8, 4) is 0 Å². The van der Waals surface area contributed by atoms with Gasteiger partial charge in [0, 0.05) is 12.2 Å². The Morgan fingerprint density at radius 3 is 2.93 bits per heavy atom. The minimum Gasteiger partial charge on any atom is -0.385 e. The highest BCUT2D eigenvalue weighted by Crippen LogP contribution is 2.27. The molecule has 0 aromatic heterocycles. The molecule has 0 aliphatic carbocycles. The van der Waals surface area contributed by atoms with Gasteiger partial charge < -0.3 is 5.32 Å².